The Balaban J connectivity index is 1.29. The molecule has 0 spiro atoms. The van der Waals surface area contributed by atoms with Gasteiger partial charge in [-0.1, -0.05) is 6.07 Å². The highest BCUT2D eigenvalue weighted by molar-refractivity contribution is 6.00. The largest absolute Gasteiger partial charge is 0.496 e. The highest BCUT2D eigenvalue weighted by Crippen LogP contribution is 2.38. The number of likely N-dealkylation sites (tertiary alicyclic amines) is 1. The summed E-state index contributed by atoms with van der Waals surface area (Å²) >= 11 is 0. The number of aromatic nitrogens is 4. The highest BCUT2D eigenvalue weighted by atomic mass is 16.5. The van der Waals surface area contributed by atoms with Crippen LogP contribution in [0.1, 0.15) is 23.2 Å². The summed E-state index contributed by atoms with van der Waals surface area (Å²) in [6, 6.07) is 9.90. The molecule has 0 aliphatic carbocycles. The Labute approximate surface area is 215 Å². The minimum atomic E-state index is -0.0554. The average Bonchev–Trinajstić information content (AvgIpc) is 3.53. The molecule has 2 aromatic heterocycles. The van der Waals surface area contributed by atoms with Crippen LogP contribution in [-0.4, -0.2) is 70.7 Å². The van der Waals surface area contributed by atoms with Crippen LogP contribution in [0.15, 0.2) is 49.1 Å². The van der Waals surface area contributed by atoms with E-state index in [9.17, 15) is 4.79 Å². The maximum atomic E-state index is 13.5. The molecule has 4 heterocycles. The van der Waals surface area contributed by atoms with Gasteiger partial charge in [0.25, 0.3) is 5.91 Å². The highest BCUT2D eigenvalue weighted by Gasteiger charge is 2.38. The third-order valence-corrected chi connectivity index (χ3v) is 7.70. The Bertz CT molecular complexity index is 1420. The Morgan fingerprint density at radius 1 is 1.00 bits per heavy atom. The van der Waals surface area contributed by atoms with Gasteiger partial charge in [-0.25, -0.2) is 4.98 Å². The molecule has 0 N–H and O–H groups in total. The molecule has 0 atom stereocenters. The number of nitrogens with zero attached hydrogens (tertiary/aromatic N) is 5. The molecule has 2 aliphatic heterocycles. The van der Waals surface area contributed by atoms with E-state index in [4.69, 9.17) is 14.2 Å². The van der Waals surface area contributed by atoms with Crippen molar-refractivity contribution in [2.45, 2.75) is 12.8 Å². The Morgan fingerprint density at radius 3 is 2.38 bits per heavy atom. The van der Waals surface area contributed by atoms with Crippen molar-refractivity contribution in [3.05, 3.63) is 54.6 Å². The van der Waals surface area contributed by atoms with Crippen LogP contribution >= 0.6 is 0 Å². The number of carbonyl (C=O) groups is 1. The summed E-state index contributed by atoms with van der Waals surface area (Å²) < 4.78 is 20.7. The Hall–Kier alpha value is -3.85. The van der Waals surface area contributed by atoms with E-state index in [1.165, 1.54) is 0 Å². The second kappa shape index (κ2) is 9.55. The summed E-state index contributed by atoms with van der Waals surface area (Å²) in [6.45, 7) is 3.18. The molecule has 192 valence electrons. The summed E-state index contributed by atoms with van der Waals surface area (Å²) in [5.74, 6) is 2.10. The average molecular weight is 502 g/mol. The molecular weight excluding hydrogens is 470 g/mol. The van der Waals surface area contributed by atoms with E-state index in [0.29, 0.717) is 28.9 Å². The number of imidazole rings is 1. The smallest absolute Gasteiger partial charge is 0.261 e. The zero-order chi connectivity index (χ0) is 25.5. The molecule has 9 nitrogen and oxygen atoms in total. The van der Waals surface area contributed by atoms with Gasteiger partial charge in [-0.15, -0.1) is 0 Å². The molecule has 6 rings (SSSR count). The summed E-state index contributed by atoms with van der Waals surface area (Å²) in [6.07, 6.45) is 7.76. The third-order valence-electron chi connectivity index (χ3n) is 7.70. The van der Waals surface area contributed by atoms with Crippen molar-refractivity contribution in [1.29, 1.82) is 0 Å². The second-order valence-electron chi connectivity index (χ2n) is 9.87. The summed E-state index contributed by atoms with van der Waals surface area (Å²) in [7, 11) is 5.07. The number of rotatable bonds is 6. The lowest BCUT2D eigenvalue weighted by atomic mass is 9.80. The van der Waals surface area contributed by atoms with Crippen LogP contribution in [0.25, 0.3) is 27.8 Å². The predicted octanol–water partition coefficient (Wildman–Crippen LogP) is 3.94. The van der Waals surface area contributed by atoms with E-state index in [-0.39, 0.29) is 5.91 Å². The van der Waals surface area contributed by atoms with Gasteiger partial charge in [-0.05, 0) is 42.4 Å². The summed E-state index contributed by atoms with van der Waals surface area (Å²) in [5, 5.41) is 4.26. The molecule has 0 saturated carbocycles. The minimum Gasteiger partial charge on any atom is -0.496 e. The van der Waals surface area contributed by atoms with Gasteiger partial charge in [0.1, 0.15) is 23.4 Å². The zero-order valence-corrected chi connectivity index (χ0v) is 21.4. The molecule has 2 fully saturated rings. The Kier molecular flexibility index (Phi) is 6.08. The Morgan fingerprint density at radius 2 is 1.73 bits per heavy atom. The number of ether oxygens (including phenoxy) is 3. The third kappa shape index (κ3) is 4.23. The topological polar surface area (TPSA) is 83.6 Å². The zero-order valence-electron chi connectivity index (χ0n) is 21.4. The van der Waals surface area contributed by atoms with Crippen molar-refractivity contribution >= 4 is 16.9 Å². The second-order valence-corrected chi connectivity index (χ2v) is 9.87. The summed E-state index contributed by atoms with van der Waals surface area (Å²) in [4.78, 5) is 20.0. The van der Waals surface area contributed by atoms with Crippen molar-refractivity contribution in [1.82, 2.24) is 24.2 Å². The van der Waals surface area contributed by atoms with Crippen molar-refractivity contribution in [3.63, 3.8) is 0 Å². The van der Waals surface area contributed by atoms with E-state index in [1.807, 2.05) is 53.2 Å². The quantitative estimate of drug-likeness (QED) is 0.398. The first-order chi connectivity index (χ1) is 18.1. The van der Waals surface area contributed by atoms with Gasteiger partial charge in [0.2, 0.25) is 0 Å². The normalized spacial score (nSPS) is 16.7. The molecule has 2 aliphatic rings. The van der Waals surface area contributed by atoms with E-state index >= 15 is 0 Å². The van der Waals surface area contributed by atoms with E-state index in [0.717, 1.165) is 67.0 Å². The molecule has 0 bridgehead atoms. The van der Waals surface area contributed by atoms with E-state index < -0.39 is 0 Å². The predicted molar refractivity (Wildman–Crippen MR) is 139 cm³/mol. The fraction of sp³-hybridized carbons (Fsp3) is 0.393. The maximum Gasteiger partial charge on any atom is 0.261 e. The number of amides is 1. The lowest BCUT2D eigenvalue weighted by Gasteiger charge is -2.44. The fourth-order valence-electron chi connectivity index (χ4n) is 5.54. The van der Waals surface area contributed by atoms with Crippen LogP contribution in [0, 0.1) is 11.8 Å². The first-order valence-corrected chi connectivity index (χ1v) is 12.6. The van der Waals surface area contributed by atoms with Gasteiger partial charge < -0.3 is 19.1 Å². The molecule has 0 radical (unpaired) electrons. The van der Waals surface area contributed by atoms with E-state index in [2.05, 4.69) is 16.1 Å². The monoisotopic (exact) mass is 501 g/mol. The lowest BCUT2D eigenvalue weighted by Crippen LogP contribution is -2.53. The molecule has 1 amide bonds. The number of methoxy groups -OCH3 is 2. The van der Waals surface area contributed by atoms with Crippen molar-refractivity contribution in [3.8, 4) is 28.3 Å². The van der Waals surface area contributed by atoms with Gasteiger partial charge >= 0.3 is 0 Å². The van der Waals surface area contributed by atoms with Crippen LogP contribution in [0.4, 0.5) is 0 Å². The van der Waals surface area contributed by atoms with Gasteiger partial charge in [-0.2, -0.15) is 5.10 Å². The van der Waals surface area contributed by atoms with Crippen LogP contribution in [0.3, 0.4) is 0 Å². The van der Waals surface area contributed by atoms with Gasteiger partial charge in [0, 0.05) is 57.2 Å². The minimum absolute atomic E-state index is 0.0554. The number of carbonyl (C=O) groups excluding carboxylic acids is 1. The van der Waals surface area contributed by atoms with Crippen LogP contribution in [0.2, 0.25) is 0 Å². The number of hydrogen-bond donors (Lipinski definition) is 0. The van der Waals surface area contributed by atoms with Crippen LogP contribution in [0.5, 0.6) is 11.5 Å². The first kappa shape index (κ1) is 23.5. The first-order valence-electron chi connectivity index (χ1n) is 12.6. The summed E-state index contributed by atoms with van der Waals surface area (Å²) in [5.41, 5.74) is 5.16. The number of benzene rings is 2. The molecule has 37 heavy (non-hydrogen) atoms. The van der Waals surface area contributed by atoms with Gasteiger partial charge in [0.15, 0.2) is 0 Å². The number of aryl methyl sites for hydroxylation is 1. The van der Waals surface area contributed by atoms with Crippen LogP contribution < -0.4 is 9.47 Å². The SMILES string of the molecule is COc1cc(-n2cnc3cc(-c4cnn(C)c4)ccc32)cc(OC)c1C(=O)N1CC(C2CCOCC2)C1. The molecule has 2 saturated heterocycles. The van der Waals surface area contributed by atoms with Crippen molar-refractivity contribution in [2.75, 3.05) is 40.5 Å². The molecule has 0 unspecified atom stereocenters. The maximum absolute atomic E-state index is 13.5. The molecule has 2 aromatic carbocycles. The fourth-order valence-corrected chi connectivity index (χ4v) is 5.54. The molecular formula is C28H31N5O4. The lowest BCUT2D eigenvalue weighted by molar-refractivity contribution is -0.00285. The standard InChI is InChI=1S/C28H31N5O4/c1-31-14-20(13-30-31)19-4-5-24-23(10-19)29-17-33(24)22-11-25(35-2)27(26(12-22)36-3)28(34)32-15-21(16-32)18-6-8-37-9-7-18/h4-5,10-14,17-18,21H,6-9,15-16H2,1-3H3. The number of hydrogen-bond acceptors (Lipinski definition) is 6. The van der Waals surface area contributed by atoms with Crippen LogP contribution in [-0.2, 0) is 11.8 Å². The molecule has 4 aromatic rings. The van der Waals surface area contributed by atoms with E-state index in [1.54, 1.807) is 25.2 Å². The van der Waals surface area contributed by atoms with Gasteiger partial charge in [0.05, 0.1) is 37.1 Å². The van der Waals surface area contributed by atoms with Crippen molar-refractivity contribution < 1.29 is 19.0 Å². The van der Waals surface area contributed by atoms with Crippen molar-refractivity contribution in [2.24, 2.45) is 18.9 Å². The molecule has 9 heteroatoms. The van der Waals surface area contributed by atoms with Gasteiger partial charge in [-0.3, -0.25) is 14.0 Å². The number of fused-ring (bicyclic) bond motifs is 1.